The maximum atomic E-state index is 13.8. The summed E-state index contributed by atoms with van der Waals surface area (Å²) >= 11 is 1.44. The number of rotatable bonds is 8. The molecule has 3 heterocycles. The number of carbonyl (C=O) groups is 2. The molecule has 6 rings (SSSR count). The van der Waals surface area contributed by atoms with Crippen molar-refractivity contribution >= 4 is 23.2 Å². The van der Waals surface area contributed by atoms with Crippen molar-refractivity contribution in [3.8, 4) is 21.9 Å². The number of aromatic carboxylic acids is 1. The Kier molecular flexibility index (Phi) is 7.76. The van der Waals surface area contributed by atoms with E-state index in [-0.39, 0.29) is 18.2 Å². The van der Waals surface area contributed by atoms with Gasteiger partial charge in [0.1, 0.15) is 17.9 Å². The lowest BCUT2D eigenvalue weighted by molar-refractivity contribution is -0.143. The molecule has 0 atom stereocenters. The first kappa shape index (κ1) is 29.0. The largest absolute Gasteiger partial charge is 0.489 e. The van der Waals surface area contributed by atoms with Crippen LogP contribution in [0.1, 0.15) is 64.3 Å². The normalized spacial score (nSPS) is 16.0. The summed E-state index contributed by atoms with van der Waals surface area (Å²) in [4.78, 5) is 26.6. The third kappa shape index (κ3) is 6.04. The summed E-state index contributed by atoms with van der Waals surface area (Å²) in [6.45, 7) is 3.88. The van der Waals surface area contributed by atoms with Crippen LogP contribution in [0.25, 0.3) is 16.1 Å². The number of thiophene rings is 1. The minimum Gasteiger partial charge on any atom is -0.489 e. The second kappa shape index (κ2) is 11.5. The molecule has 0 bridgehead atoms. The first-order valence-electron chi connectivity index (χ1n) is 14.2. The van der Waals surface area contributed by atoms with Crippen LogP contribution in [0.15, 0.2) is 60.1 Å². The number of hydrogen-bond acceptors (Lipinski definition) is 5. The molecule has 0 spiro atoms. The number of ether oxygens (including phenoxy) is 1. The van der Waals surface area contributed by atoms with Gasteiger partial charge in [-0.2, -0.15) is 18.3 Å². The third-order valence-electron chi connectivity index (χ3n) is 8.15. The summed E-state index contributed by atoms with van der Waals surface area (Å²) in [5.41, 5.74) is 1.68. The molecule has 1 aliphatic heterocycles. The Bertz CT molecular complexity index is 1670. The predicted octanol–water partition coefficient (Wildman–Crippen LogP) is 7.32. The highest BCUT2D eigenvalue weighted by atomic mass is 32.1. The molecule has 11 heteroatoms. The van der Waals surface area contributed by atoms with Crippen LogP contribution < -0.4 is 4.74 Å². The van der Waals surface area contributed by atoms with Gasteiger partial charge in [0.2, 0.25) is 5.91 Å². The van der Waals surface area contributed by atoms with Crippen LogP contribution >= 0.6 is 11.3 Å². The fourth-order valence-corrected chi connectivity index (χ4v) is 6.63. The second-order valence-electron chi connectivity index (χ2n) is 11.1. The van der Waals surface area contributed by atoms with Crippen LogP contribution in [-0.2, 0) is 17.6 Å². The molecular formula is C32H30F3N3O4S. The quantitative estimate of drug-likeness (QED) is 0.226. The smallest absolute Gasteiger partial charge is 0.434 e. The van der Waals surface area contributed by atoms with E-state index in [1.165, 1.54) is 23.0 Å². The number of carboxylic acids is 1. The van der Waals surface area contributed by atoms with E-state index in [9.17, 15) is 27.9 Å². The molecule has 1 amide bonds. The lowest BCUT2D eigenvalue weighted by atomic mass is 9.88. The second-order valence-corrected chi connectivity index (χ2v) is 12.1. The van der Waals surface area contributed by atoms with Gasteiger partial charge < -0.3 is 14.7 Å². The zero-order chi connectivity index (χ0) is 30.3. The van der Waals surface area contributed by atoms with Gasteiger partial charge in [0.15, 0.2) is 5.69 Å². The van der Waals surface area contributed by atoms with Crippen LogP contribution in [0.5, 0.6) is 5.75 Å². The number of halogens is 3. The number of benzene rings is 2. The summed E-state index contributed by atoms with van der Waals surface area (Å²) in [7, 11) is 0. The average molecular weight is 610 g/mol. The number of alkyl halides is 3. The molecule has 1 saturated heterocycles. The molecule has 2 aromatic heterocycles. The van der Waals surface area contributed by atoms with Crippen LogP contribution in [0.2, 0.25) is 0 Å². The van der Waals surface area contributed by atoms with Crippen molar-refractivity contribution in [2.75, 3.05) is 13.1 Å². The van der Waals surface area contributed by atoms with Crippen LogP contribution in [0.4, 0.5) is 13.2 Å². The number of piperidine rings is 1. The van der Waals surface area contributed by atoms with Crippen LogP contribution in [-0.4, -0.2) is 44.8 Å². The molecule has 1 saturated carbocycles. The van der Waals surface area contributed by atoms with Gasteiger partial charge in [-0.15, -0.1) is 11.3 Å². The van der Waals surface area contributed by atoms with Crippen molar-refractivity contribution in [1.82, 2.24) is 14.7 Å². The number of aryl methyl sites for hydroxylation is 1. The van der Waals surface area contributed by atoms with E-state index in [4.69, 9.17) is 4.74 Å². The third-order valence-corrected chi connectivity index (χ3v) is 9.16. The Hall–Kier alpha value is -4.12. The van der Waals surface area contributed by atoms with Gasteiger partial charge in [-0.05, 0) is 84.9 Å². The van der Waals surface area contributed by atoms with Gasteiger partial charge in [0.25, 0.3) is 0 Å². The van der Waals surface area contributed by atoms with Crippen molar-refractivity contribution in [3.63, 3.8) is 0 Å². The molecule has 224 valence electrons. The summed E-state index contributed by atoms with van der Waals surface area (Å²) in [6.07, 6.45) is -0.215. The maximum Gasteiger partial charge on any atom is 0.434 e. The van der Waals surface area contributed by atoms with Gasteiger partial charge in [-0.3, -0.25) is 4.79 Å². The molecule has 1 aliphatic carbocycles. The number of nitrogens with zero attached hydrogens (tertiary/aromatic N) is 3. The van der Waals surface area contributed by atoms with E-state index >= 15 is 0 Å². The lowest BCUT2D eigenvalue weighted by Gasteiger charge is -2.32. The standard InChI is InChI=1S/C32H30F3N3O4S/c1-19-15-22(20-9-12-37(13-10-20)30(39)21-5-6-21)7-8-27(19)42-18-24-11-14-43-28(24)23-3-2-4-25(16-23)38-29(32(33,34)35)26(17-36-38)31(40)41/h2-4,7-8,11,14-17,20-21H,5-6,9-10,12-13,18H2,1H3,(H,40,41). The van der Waals surface area contributed by atoms with Crippen molar-refractivity contribution in [2.45, 2.75) is 51.3 Å². The van der Waals surface area contributed by atoms with Gasteiger partial charge in [-0.25, -0.2) is 9.48 Å². The van der Waals surface area contributed by atoms with Gasteiger partial charge in [-0.1, -0.05) is 24.3 Å². The summed E-state index contributed by atoms with van der Waals surface area (Å²) in [5.74, 6) is 0.0438. The first-order chi connectivity index (χ1) is 20.6. The molecule has 2 aromatic carbocycles. The summed E-state index contributed by atoms with van der Waals surface area (Å²) < 4.78 is 48.1. The molecule has 2 fully saturated rings. The Morgan fingerprint density at radius 3 is 2.51 bits per heavy atom. The number of hydrogen-bond donors (Lipinski definition) is 1. The van der Waals surface area contributed by atoms with Crippen LogP contribution in [0, 0.1) is 12.8 Å². The molecule has 2 aliphatic rings. The van der Waals surface area contributed by atoms with Gasteiger partial charge in [0.05, 0.1) is 11.9 Å². The number of carboxylic acid groups (broad SMARTS) is 1. The van der Waals surface area contributed by atoms with E-state index in [0.29, 0.717) is 22.1 Å². The Balaban J connectivity index is 1.15. The zero-order valence-corrected chi connectivity index (χ0v) is 24.3. The SMILES string of the molecule is Cc1cc(C2CCN(C(=O)C3CC3)CC2)ccc1OCc1ccsc1-c1cccc(-n2ncc(C(=O)O)c2C(F)(F)F)c1. The van der Waals surface area contributed by atoms with E-state index < -0.39 is 23.4 Å². The van der Waals surface area contributed by atoms with Gasteiger partial charge >= 0.3 is 12.1 Å². The minimum atomic E-state index is -4.90. The van der Waals surface area contributed by atoms with E-state index in [2.05, 4.69) is 17.2 Å². The zero-order valence-electron chi connectivity index (χ0n) is 23.4. The number of likely N-dealkylation sites (tertiary alicyclic amines) is 1. The predicted molar refractivity (Wildman–Crippen MR) is 156 cm³/mol. The van der Waals surface area contributed by atoms with E-state index in [1.807, 2.05) is 29.3 Å². The number of carbonyl (C=O) groups excluding carboxylic acids is 1. The molecule has 7 nitrogen and oxygen atoms in total. The van der Waals surface area contributed by atoms with Crippen LogP contribution in [0.3, 0.4) is 0 Å². The van der Waals surface area contributed by atoms with Gasteiger partial charge in [0, 0.05) is 29.4 Å². The van der Waals surface area contributed by atoms with E-state index in [0.717, 1.165) is 66.7 Å². The molecule has 0 unspecified atom stereocenters. The molecule has 0 radical (unpaired) electrons. The highest BCUT2D eigenvalue weighted by Crippen LogP contribution is 2.38. The minimum absolute atomic E-state index is 0.103. The van der Waals surface area contributed by atoms with Crippen molar-refractivity contribution < 1.29 is 32.6 Å². The Morgan fingerprint density at radius 2 is 1.84 bits per heavy atom. The molecule has 43 heavy (non-hydrogen) atoms. The maximum absolute atomic E-state index is 13.8. The lowest BCUT2D eigenvalue weighted by Crippen LogP contribution is -2.38. The van der Waals surface area contributed by atoms with Crippen molar-refractivity contribution in [1.29, 1.82) is 0 Å². The molecule has 1 N–H and O–H groups in total. The fourth-order valence-electron chi connectivity index (χ4n) is 5.72. The van der Waals surface area contributed by atoms with E-state index in [1.54, 1.807) is 18.2 Å². The highest BCUT2D eigenvalue weighted by molar-refractivity contribution is 7.13. The highest BCUT2D eigenvalue weighted by Gasteiger charge is 2.41. The molecular weight excluding hydrogens is 579 g/mol. The summed E-state index contributed by atoms with van der Waals surface area (Å²) in [6, 6.07) is 14.6. The number of amides is 1. The summed E-state index contributed by atoms with van der Waals surface area (Å²) in [5, 5.41) is 14.9. The van der Waals surface area contributed by atoms with Crippen molar-refractivity contribution in [3.05, 3.63) is 88.1 Å². The number of aromatic nitrogens is 2. The average Bonchev–Trinajstić information content (AvgIpc) is 3.54. The fraction of sp³-hybridized carbons (Fsp3) is 0.344. The first-order valence-corrected chi connectivity index (χ1v) is 15.1. The topological polar surface area (TPSA) is 84.7 Å². The molecule has 4 aromatic rings. The van der Waals surface area contributed by atoms with Crippen molar-refractivity contribution in [2.24, 2.45) is 5.92 Å². The monoisotopic (exact) mass is 609 g/mol. The Labute approximate surface area is 250 Å². The Morgan fingerprint density at radius 1 is 1.07 bits per heavy atom.